The number of hydrogen-bond donors (Lipinski definition) is 1. The van der Waals surface area contributed by atoms with Gasteiger partial charge in [-0.3, -0.25) is 14.2 Å². The van der Waals surface area contributed by atoms with Gasteiger partial charge in [-0.15, -0.1) is 6.42 Å². The number of terminal acetylenes is 1. The molecule has 48 heavy (non-hydrogen) atoms. The minimum Gasteiger partial charge on any atom is -0.463 e. The summed E-state index contributed by atoms with van der Waals surface area (Å²) < 4.78 is 36.8. The SMILES string of the molecule is C#C[C@@]1(OC(C)=O)[C@@H](COC(Cc2ccc(I)cc2)(C(=O)OCC)C(=O)OCC)O[C@@H](n2cnc3c(NC)nc(Cl)nc32)[C@@H]1OC(C)=O. The Kier molecular flexibility index (Phi) is 11.8. The Morgan fingerprint density at radius 3 is 2.29 bits per heavy atom. The van der Waals surface area contributed by atoms with Crippen molar-refractivity contribution in [1.29, 1.82) is 0 Å². The van der Waals surface area contributed by atoms with Crippen LogP contribution < -0.4 is 5.32 Å². The van der Waals surface area contributed by atoms with Crippen LogP contribution in [-0.2, 0) is 54.0 Å². The van der Waals surface area contributed by atoms with E-state index in [9.17, 15) is 19.2 Å². The number of fused-ring (bicyclic) bond motifs is 1. The third-order valence-electron chi connectivity index (χ3n) is 7.26. The first-order valence-corrected chi connectivity index (χ1v) is 16.1. The van der Waals surface area contributed by atoms with Crippen molar-refractivity contribution in [2.24, 2.45) is 0 Å². The molecule has 256 valence electrons. The first kappa shape index (κ1) is 36.8. The lowest BCUT2D eigenvalue weighted by atomic mass is 9.91. The van der Waals surface area contributed by atoms with Gasteiger partial charge in [-0.2, -0.15) is 9.97 Å². The zero-order valence-electron chi connectivity index (χ0n) is 26.7. The van der Waals surface area contributed by atoms with Crippen molar-refractivity contribution in [2.45, 2.75) is 63.8 Å². The summed E-state index contributed by atoms with van der Waals surface area (Å²) in [4.78, 5) is 65.0. The normalized spacial score (nSPS) is 20.5. The largest absolute Gasteiger partial charge is 0.463 e. The van der Waals surface area contributed by atoms with Gasteiger partial charge >= 0.3 is 23.9 Å². The van der Waals surface area contributed by atoms with E-state index in [0.717, 1.165) is 17.4 Å². The molecule has 0 unspecified atom stereocenters. The predicted molar refractivity (Wildman–Crippen MR) is 177 cm³/mol. The number of aromatic nitrogens is 4. The average Bonchev–Trinajstić information content (AvgIpc) is 3.58. The standard InChI is InChI=1S/C31H33ClIN5O10/c1-7-30(48-18(5)40)21(15-45-31(27(41)43-8-2,28(42)44-9-3)14-19-10-12-20(33)13-11-19)47-26(23(30)46-17(4)39)38-16-35-22-24(34-6)36-29(32)37-25(22)38/h1,10-13,16,21,23,26H,8-9,14-15H2,2-6H3,(H,34,36,37)/t21-,23+,26-,30-/m1/s1. The highest BCUT2D eigenvalue weighted by Gasteiger charge is 2.63. The van der Waals surface area contributed by atoms with Crippen molar-refractivity contribution in [1.82, 2.24) is 19.5 Å². The van der Waals surface area contributed by atoms with Gasteiger partial charge < -0.3 is 33.7 Å². The Morgan fingerprint density at radius 1 is 1.10 bits per heavy atom. The quantitative estimate of drug-likeness (QED) is 0.0666. The van der Waals surface area contributed by atoms with Crippen LogP contribution in [0.1, 0.15) is 39.5 Å². The highest BCUT2D eigenvalue weighted by molar-refractivity contribution is 14.1. The fourth-order valence-electron chi connectivity index (χ4n) is 5.25. The molecule has 17 heteroatoms. The molecule has 1 saturated heterocycles. The molecule has 1 aliphatic heterocycles. The summed E-state index contributed by atoms with van der Waals surface area (Å²) in [5, 5.41) is 2.74. The van der Waals surface area contributed by atoms with Gasteiger partial charge in [0.05, 0.1) is 26.1 Å². The van der Waals surface area contributed by atoms with E-state index in [-0.39, 0.29) is 41.9 Å². The number of halogens is 2. The maximum Gasteiger partial charge on any atom is 0.350 e. The number of nitrogens with zero attached hydrogens (tertiary/aromatic N) is 4. The third kappa shape index (κ3) is 7.33. The Hall–Kier alpha value is -4.05. The molecule has 4 rings (SSSR count). The van der Waals surface area contributed by atoms with E-state index in [2.05, 4.69) is 48.8 Å². The van der Waals surface area contributed by atoms with Crippen LogP contribution in [0.25, 0.3) is 11.2 Å². The number of esters is 4. The molecule has 3 heterocycles. The number of carbonyl (C=O) groups is 4. The van der Waals surface area contributed by atoms with Crippen molar-refractivity contribution < 1.29 is 47.6 Å². The lowest BCUT2D eigenvalue weighted by Gasteiger charge is -2.35. The first-order chi connectivity index (χ1) is 22.8. The molecule has 1 N–H and O–H groups in total. The van der Waals surface area contributed by atoms with Gasteiger partial charge in [0.25, 0.3) is 5.60 Å². The number of imidazole rings is 1. The van der Waals surface area contributed by atoms with Crippen molar-refractivity contribution in [3.8, 4) is 12.3 Å². The number of anilines is 1. The number of ether oxygens (including phenoxy) is 6. The third-order valence-corrected chi connectivity index (χ3v) is 8.15. The van der Waals surface area contributed by atoms with Gasteiger partial charge in [0.1, 0.15) is 6.10 Å². The van der Waals surface area contributed by atoms with Crippen molar-refractivity contribution in [3.63, 3.8) is 0 Å². The smallest absolute Gasteiger partial charge is 0.350 e. The fourth-order valence-corrected chi connectivity index (χ4v) is 5.78. The Balaban J connectivity index is 1.86. The highest BCUT2D eigenvalue weighted by atomic mass is 127. The van der Waals surface area contributed by atoms with Crippen LogP contribution in [0, 0.1) is 15.9 Å². The Labute approximate surface area is 294 Å². The molecule has 3 aromatic rings. The molecule has 1 fully saturated rings. The fraction of sp³-hybridized carbons (Fsp3) is 0.452. The second kappa shape index (κ2) is 15.4. The van der Waals surface area contributed by atoms with E-state index < -0.39 is 60.1 Å². The van der Waals surface area contributed by atoms with Crippen molar-refractivity contribution in [2.75, 3.05) is 32.2 Å². The molecular weight excluding hydrogens is 765 g/mol. The molecule has 1 aromatic carbocycles. The topological polar surface area (TPSA) is 179 Å². The Bertz CT molecular complexity index is 1710. The van der Waals surface area contributed by atoms with Crippen molar-refractivity contribution >= 4 is 75.1 Å². The molecule has 15 nitrogen and oxygen atoms in total. The molecule has 1 aliphatic rings. The van der Waals surface area contributed by atoms with E-state index in [1.54, 1.807) is 45.2 Å². The molecule has 0 aliphatic carbocycles. The first-order valence-electron chi connectivity index (χ1n) is 14.7. The summed E-state index contributed by atoms with van der Waals surface area (Å²) in [6.45, 7) is 4.56. The number of benzene rings is 1. The molecule has 2 aromatic heterocycles. The van der Waals surface area contributed by atoms with E-state index >= 15 is 0 Å². The number of hydrogen-bond acceptors (Lipinski definition) is 14. The molecule has 0 bridgehead atoms. The van der Waals surface area contributed by atoms with Gasteiger partial charge in [0.15, 0.2) is 23.2 Å². The molecular formula is C31H33ClIN5O10. The number of rotatable bonds is 13. The second-order valence-corrected chi connectivity index (χ2v) is 12.0. The minimum absolute atomic E-state index is 0.0823. The minimum atomic E-state index is -2.35. The zero-order valence-corrected chi connectivity index (χ0v) is 29.6. The average molecular weight is 798 g/mol. The molecule has 0 saturated carbocycles. The van der Waals surface area contributed by atoms with E-state index in [4.69, 9.17) is 46.4 Å². The lowest BCUT2D eigenvalue weighted by Crippen LogP contribution is -2.57. The van der Waals surface area contributed by atoms with Crippen LogP contribution in [0.3, 0.4) is 0 Å². The monoisotopic (exact) mass is 797 g/mol. The van der Waals surface area contributed by atoms with E-state index in [1.165, 1.54) is 10.9 Å². The van der Waals surface area contributed by atoms with Crippen LogP contribution in [0.4, 0.5) is 5.82 Å². The second-order valence-electron chi connectivity index (χ2n) is 10.4. The van der Waals surface area contributed by atoms with Crippen LogP contribution >= 0.6 is 34.2 Å². The molecule has 0 spiro atoms. The van der Waals surface area contributed by atoms with Gasteiger partial charge in [0, 0.05) is 30.9 Å². The molecule has 4 atom stereocenters. The summed E-state index contributed by atoms with van der Waals surface area (Å²) in [5.41, 5.74) is -3.52. The number of carbonyl (C=O) groups excluding carboxylic acids is 4. The Morgan fingerprint density at radius 2 is 1.75 bits per heavy atom. The summed E-state index contributed by atoms with van der Waals surface area (Å²) in [7, 11) is 1.61. The van der Waals surface area contributed by atoms with Gasteiger partial charge in [-0.25, -0.2) is 14.6 Å². The van der Waals surface area contributed by atoms with E-state index in [0.29, 0.717) is 5.56 Å². The lowest BCUT2D eigenvalue weighted by molar-refractivity contribution is -0.200. The van der Waals surface area contributed by atoms with Crippen LogP contribution in [0.2, 0.25) is 5.28 Å². The van der Waals surface area contributed by atoms with Crippen LogP contribution in [-0.4, -0.2) is 93.7 Å². The molecule has 0 radical (unpaired) electrons. The van der Waals surface area contributed by atoms with Crippen LogP contribution in [0.5, 0.6) is 0 Å². The summed E-state index contributed by atoms with van der Waals surface area (Å²) >= 11 is 8.31. The van der Waals surface area contributed by atoms with Gasteiger partial charge in [-0.1, -0.05) is 18.1 Å². The summed E-state index contributed by atoms with van der Waals surface area (Å²) in [6, 6.07) is 7.02. The van der Waals surface area contributed by atoms with E-state index in [1.807, 2.05) is 0 Å². The highest BCUT2D eigenvalue weighted by Crippen LogP contribution is 2.44. The summed E-state index contributed by atoms with van der Waals surface area (Å²) in [5.74, 6) is -0.982. The maximum absolute atomic E-state index is 13.6. The van der Waals surface area contributed by atoms with Crippen molar-refractivity contribution in [3.05, 3.63) is 45.0 Å². The zero-order chi connectivity index (χ0) is 35.2. The van der Waals surface area contributed by atoms with Crippen LogP contribution in [0.15, 0.2) is 30.6 Å². The predicted octanol–water partition coefficient (Wildman–Crippen LogP) is 3.01. The maximum atomic E-state index is 13.6. The van der Waals surface area contributed by atoms with Gasteiger partial charge in [-0.05, 0) is 65.7 Å². The molecule has 0 amide bonds. The van der Waals surface area contributed by atoms with Gasteiger partial charge in [0.2, 0.25) is 17.0 Å². The summed E-state index contributed by atoms with van der Waals surface area (Å²) in [6.07, 6.45) is 2.76. The number of nitrogens with one attached hydrogen (secondary N) is 1.